The lowest BCUT2D eigenvalue weighted by Crippen LogP contribution is -2.56. The molecule has 4 N–H and O–H groups in total. The number of hydrogen-bond acceptors (Lipinski definition) is 4. The van der Waals surface area contributed by atoms with E-state index in [4.69, 9.17) is 10.2 Å². The lowest BCUT2D eigenvalue weighted by atomic mass is 10.2. The van der Waals surface area contributed by atoms with E-state index in [1.54, 1.807) is 0 Å². The van der Waals surface area contributed by atoms with Gasteiger partial charge < -0.3 is 25.7 Å². The van der Waals surface area contributed by atoms with Crippen LogP contribution in [-0.4, -0.2) is 59.3 Å². The minimum atomic E-state index is -0.943. The lowest BCUT2D eigenvalue weighted by Gasteiger charge is -2.31. The molecule has 1 fully saturated rings. The molecule has 1 aromatic rings. The summed E-state index contributed by atoms with van der Waals surface area (Å²) in [6.07, 6.45) is -0.943. The standard InChI is InChI=1S/C13H17N3O4/c17-11-3-1-9(2-4-11)12(18)15-7-10-8-16(13(19)20)6-5-14-10/h1-4,10,14,17H,5-8H2,(H,15,18)(H,19,20). The molecule has 1 atom stereocenters. The van der Waals surface area contributed by atoms with Gasteiger partial charge in [0.05, 0.1) is 0 Å². The van der Waals surface area contributed by atoms with E-state index in [0.29, 0.717) is 31.7 Å². The summed E-state index contributed by atoms with van der Waals surface area (Å²) in [7, 11) is 0. The highest BCUT2D eigenvalue weighted by Crippen LogP contribution is 2.09. The van der Waals surface area contributed by atoms with Crippen LogP contribution in [-0.2, 0) is 0 Å². The molecule has 2 rings (SSSR count). The average Bonchev–Trinajstić information content (AvgIpc) is 2.46. The maximum Gasteiger partial charge on any atom is 0.407 e. The lowest BCUT2D eigenvalue weighted by molar-refractivity contribution is 0.0940. The molecule has 0 radical (unpaired) electrons. The third kappa shape index (κ3) is 3.61. The molecule has 7 nitrogen and oxygen atoms in total. The first-order valence-electron chi connectivity index (χ1n) is 6.35. The summed E-state index contributed by atoms with van der Waals surface area (Å²) in [4.78, 5) is 24.1. The van der Waals surface area contributed by atoms with Gasteiger partial charge in [-0.3, -0.25) is 4.79 Å². The van der Waals surface area contributed by atoms with Crippen molar-refractivity contribution in [3.05, 3.63) is 29.8 Å². The van der Waals surface area contributed by atoms with Gasteiger partial charge >= 0.3 is 6.09 Å². The first-order chi connectivity index (χ1) is 9.56. The smallest absolute Gasteiger partial charge is 0.407 e. The first-order valence-corrected chi connectivity index (χ1v) is 6.35. The zero-order chi connectivity index (χ0) is 14.5. The van der Waals surface area contributed by atoms with Crippen LogP contribution in [0.4, 0.5) is 4.79 Å². The topological polar surface area (TPSA) is 102 Å². The van der Waals surface area contributed by atoms with Gasteiger partial charge in [0.1, 0.15) is 5.75 Å². The number of amides is 2. The van der Waals surface area contributed by atoms with Crippen molar-refractivity contribution < 1.29 is 19.8 Å². The largest absolute Gasteiger partial charge is 0.508 e. The van der Waals surface area contributed by atoms with Crippen LogP contribution in [0, 0.1) is 0 Å². The van der Waals surface area contributed by atoms with Gasteiger partial charge in [0, 0.05) is 37.8 Å². The molecule has 0 aromatic heterocycles. The summed E-state index contributed by atoms with van der Waals surface area (Å²) in [5, 5.41) is 24.0. The number of carbonyl (C=O) groups excluding carboxylic acids is 1. The van der Waals surface area contributed by atoms with Crippen LogP contribution < -0.4 is 10.6 Å². The molecule has 1 saturated heterocycles. The molecule has 20 heavy (non-hydrogen) atoms. The average molecular weight is 279 g/mol. The van der Waals surface area contributed by atoms with Gasteiger partial charge in [-0.05, 0) is 24.3 Å². The summed E-state index contributed by atoms with van der Waals surface area (Å²) >= 11 is 0. The Labute approximate surface area is 116 Å². The second kappa shape index (κ2) is 6.25. The zero-order valence-corrected chi connectivity index (χ0v) is 10.9. The zero-order valence-electron chi connectivity index (χ0n) is 10.9. The molecule has 1 aliphatic heterocycles. The van der Waals surface area contributed by atoms with E-state index < -0.39 is 6.09 Å². The second-order valence-corrected chi connectivity index (χ2v) is 4.64. The van der Waals surface area contributed by atoms with Crippen molar-refractivity contribution in [3.63, 3.8) is 0 Å². The Morgan fingerprint density at radius 3 is 2.70 bits per heavy atom. The Morgan fingerprint density at radius 2 is 2.05 bits per heavy atom. The molecule has 108 valence electrons. The van der Waals surface area contributed by atoms with Crippen LogP contribution in [0.1, 0.15) is 10.4 Å². The molecule has 7 heteroatoms. The van der Waals surface area contributed by atoms with Crippen LogP contribution in [0.15, 0.2) is 24.3 Å². The van der Waals surface area contributed by atoms with E-state index in [1.165, 1.54) is 29.2 Å². The predicted molar refractivity (Wildman–Crippen MR) is 71.8 cm³/mol. The van der Waals surface area contributed by atoms with Crippen LogP contribution in [0.3, 0.4) is 0 Å². The third-order valence-corrected chi connectivity index (χ3v) is 3.16. The Kier molecular flexibility index (Phi) is 4.41. The summed E-state index contributed by atoms with van der Waals surface area (Å²) in [6, 6.07) is 5.85. The van der Waals surface area contributed by atoms with E-state index in [-0.39, 0.29) is 17.7 Å². The molecular weight excluding hydrogens is 262 g/mol. The fourth-order valence-electron chi connectivity index (χ4n) is 2.07. The highest BCUT2D eigenvalue weighted by atomic mass is 16.4. The van der Waals surface area contributed by atoms with Crippen LogP contribution in [0.25, 0.3) is 0 Å². The van der Waals surface area contributed by atoms with E-state index in [2.05, 4.69) is 10.6 Å². The Bertz CT molecular complexity index is 489. The van der Waals surface area contributed by atoms with Crippen molar-refractivity contribution in [2.45, 2.75) is 6.04 Å². The maximum absolute atomic E-state index is 11.9. The third-order valence-electron chi connectivity index (χ3n) is 3.16. The van der Waals surface area contributed by atoms with Gasteiger partial charge in [-0.15, -0.1) is 0 Å². The van der Waals surface area contributed by atoms with Crippen molar-refractivity contribution in [1.82, 2.24) is 15.5 Å². The van der Waals surface area contributed by atoms with Crippen molar-refractivity contribution in [3.8, 4) is 5.75 Å². The second-order valence-electron chi connectivity index (χ2n) is 4.64. The van der Waals surface area contributed by atoms with E-state index in [0.717, 1.165) is 0 Å². The molecule has 1 heterocycles. The number of carbonyl (C=O) groups is 2. The van der Waals surface area contributed by atoms with Gasteiger partial charge in [0.2, 0.25) is 0 Å². The summed E-state index contributed by atoms with van der Waals surface area (Å²) in [6.45, 7) is 1.73. The van der Waals surface area contributed by atoms with Gasteiger partial charge in [-0.25, -0.2) is 4.79 Å². The van der Waals surface area contributed by atoms with Crippen LogP contribution >= 0.6 is 0 Å². The Morgan fingerprint density at radius 1 is 1.35 bits per heavy atom. The van der Waals surface area contributed by atoms with Crippen molar-refractivity contribution >= 4 is 12.0 Å². The SMILES string of the molecule is O=C(NCC1CN(C(=O)O)CCN1)c1ccc(O)cc1. The Balaban J connectivity index is 1.84. The number of aromatic hydroxyl groups is 1. The summed E-state index contributed by atoms with van der Waals surface area (Å²) < 4.78 is 0. The highest BCUT2D eigenvalue weighted by molar-refractivity contribution is 5.94. The number of nitrogens with zero attached hydrogens (tertiary/aromatic N) is 1. The fraction of sp³-hybridized carbons (Fsp3) is 0.385. The number of piperazine rings is 1. The normalized spacial score (nSPS) is 18.6. The van der Waals surface area contributed by atoms with Crippen molar-refractivity contribution in [2.75, 3.05) is 26.2 Å². The highest BCUT2D eigenvalue weighted by Gasteiger charge is 2.22. The van der Waals surface area contributed by atoms with Gasteiger partial charge in [0.25, 0.3) is 5.91 Å². The maximum atomic E-state index is 11.9. The molecule has 2 amide bonds. The monoisotopic (exact) mass is 279 g/mol. The first kappa shape index (κ1) is 14.1. The van der Waals surface area contributed by atoms with Gasteiger partial charge in [0.15, 0.2) is 0 Å². The van der Waals surface area contributed by atoms with E-state index in [9.17, 15) is 9.59 Å². The number of phenols is 1. The quantitative estimate of drug-likeness (QED) is 0.627. The fourth-order valence-corrected chi connectivity index (χ4v) is 2.07. The summed E-state index contributed by atoms with van der Waals surface area (Å²) in [5.41, 5.74) is 0.453. The van der Waals surface area contributed by atoms with Gasteiger partial charge in [-0.2, -0.15) is 0 Å². The molecular formula is C13H17N3O4. The van der Waals surface area contributed by atoms with Gasteiger partial charge in [-0.1, -0.05) is 0 Å². The number of benzene rings is 1. The minimum Gasteiger partial charge on any atom is -0.508 e. The van der Waals surface area contributed by atoms with Crippen molar-refractivity contribution in [2.24, 2.45) is 0 Å². The van der Waals surface area contributed by atoms with Crippen LogP contribution in [0.2, 0.25) is 0 Å². The number of nitrogens with one attached hydrogen (secondary N) is 2. The molecule has 0 spiro atoms. The molecule has 1 aliphatic rings. The number of hydrogen-bond donors (Lipinski definition) is 4. The summed E-state index contributed by atoms with van der Waals surface area (Å²) in [5.74, 6) is -0.146. The molecule has 1 unspecified atom stereocenters. The number of carboxylic acid groups (broad SMARTS) is 1. The number of phenolic OH excluding ortho intramolecular Hbond substituents is 1. The number of rotatable bonds is 3. The molecule has 1 aromatic carbocycles. The van der Waals surface area contributed by atoms with Crippen LogP contribution in [0.5, 0.6) is 5.75 Å². The Hall–Kier alpha value is -2.28. The molecule has 0 saturated carbocycles. The van der Waals surface area contributed by atoms with E-state index >= 15 is 0 Å². The predicted octanol–water partition coefficient (Wildman–Crippen LogP) is 0.0738. The van der Waals surface area contributed by atoms with E-state index in [1.807, 2.05) is 0 Å². The van der Waals surface area contributed by atoms with Crippen molar-refractivity contribution in [1.29, 1.82) is 0 Å². The molecule has 0 aliphatic carbocycles. The minimum absolute atomic E-state index is 0.0964. The molecule has 0 bridgehead atoms.